The van der Waals surface area contributed by atoms with Crippen molar-refractivity contribution in [3.63, 3.8) is 0 Å². The second kappa shape index (κ2) is 31.5. The molecule has 58 heavy (non-hydrogen) atoms. The van der Waals surface area contributed by atoms with Gasteiger partial charge in [0.25, 0.3) is 0 Å². The average molecular weight is 811 g/mol. The third-order valence-corrected chi connectivity index (χ3v) is 12.1. The van der Waals surface area contributed by atoms with Crippen molar-refractivity contribution in [3.05, 3.63) is 47.5 Å². The summed E-state index contributed by atoms with van der Waals surface area (Å²) >= 11 is 0. The van der Waals surface area contributed by atoms with Crippen LogP contribution in [0, 0.1) is 23.7 Å². The van der Waals surface area contributed by atoms with Gasteiger partial charge in [0.05, 0.1) is 27.4 Å². The lowest BCUT2D eigenvalue weighted by Crippen LogP contribution is -2.30. The van der Waals surface area contributed by atoms with Crippen LogP contribution in [-0.4, -0.2) is 49.6 Å². The Morgan fingerprint density at radius 3 is 1.17 bits per heavy atom. The first kappa shape index (κ1) is 50.7. The van der Waals surface area contributed by atoms with E-state index in [1.54, 1.807) is 24.3 Å². The topological polar surface area (TPSA) is 112 Å². The highest BCUT2D eigenvalue weighted by Gasteiger charge is 2.27. The first-order valence-corrected chi connectivity index (χ1v) is 23.1. The van der Waals surface area contributed by atoms with E-state index in [0.717, 1.165) is 61.5 Å². The number of benzene rings is 2. The SMILES string of the molecule is CC[C@@H](C)CCCCCCCCCCC(=O)OC[C@H](Cc1ccc(O)c(OC)c1)[C@H](COC(=O)CCCCCCCCCC[C@@H](C)CC)Cc1ccc(O)c(OC)c1. The molecule has 4 atom stereocenters. The average Bonchev–Trinajstić information content (AvgIpc) is 3.23. The minimum absolute atomic E-state index is 0.0505. The van der Waals surface area contributed by atoms with Gasteiger partial charge in [0.1, 0.15) is 0 Å². The van der Waals surface area contributed by atoms with Crippen molar-refractivity contribution in [2.75, 3.05) is 27.4 Å². The van der Waals surface area contributed by atoms with Crippen LogP contribution in [0.15, 0.2) is 36.4 Å². The Balaban J connectivity index is 2.00. The van der Waals surface area contributed by atoms with E-state index in [2.05, 4.69) is 27.7 Å². The van der Waals surface area contributed by atoms with Gasteiger partial charge in [-0.15, -0.1) is 0 Å². The highest BCUT2D eigenvalue weighted by atomic mass is 16.5. The zero-order chi connectivity index (χ0) is 42.4. The van der Waals surface area contributed by atoms with E-state index in [1.165, 1.54) is 104 Å². The fraction of sp³-hybridized carbons (Fsp3) is 0.720. The van der Waals surface area contributed by atoms with Gasteiger partial charge in [-0.3, -0.25) is 9.59 Å². The van der Waals surface area contributed by atoms with Crippen LogP contribution in [0.3, 0.4) is 0 Å². The van der Waals surface area contributed by atoms with Crippen molar-refractivity contribution < 1.29 is 38.7 Å². The molecule has 0 aromatic heterocycles. The number of phenols is 2. The summed E-state index contributed by atoms with van der Waals surface area (Å²) in [5.74, 6) is 1.64. The quantitative estimate of drug-likeness (QED) is 0.0523. The van der Waals surface area contributed by atoms with Crippen molar-refractivity contribution in [3.8, 4) is 23.0 Å². The lowest BCUT2D eigenvalue weighted by molar-refractivity contribution is -0.149. The summed E-state index contributed by atoms with van der Waals surface area (Å²) in [5, 5.41) is 20.6. The number of hydrogen-bond donors (Lipinski definition) is 2. The molecule has 8 nitrogen and oxygen atoms in total. The molecule has 2 N–H and O–H groups in total. The number of esters is 2. The molecule has 0 aliphatic carbocycles. The van der Waals surface area contributed by atoms with Crippen LogP contribution < -0.4 is 9.47 Å². The Kier molecular flexibility index (Phi) is 27.5. The molecule has 0 spiro atoms. The number of hydrogen-bond acceptors (Lipinski definition) is 8. The van der Waals surface area contributed by atoms with Crippen LogP contribution in [-0.2, 0) is 31.9 Å². The van der Waals surface area contributed by atoms with Crippen LogP contribution in [0.4, 0.5) is 0 Å². The molecule has 0 radical (unpaired) electrons. The first-order valence-electron chi connectivity index (χ1n) is 23.1. The highest BCUT2D eigenvalue weighted by Crippen LogP contribution is 2.32. The summed E-state index contributed by atoms with van der Waals surface area (Å²) < 4.78 is 22.7. The maximum atomic E-state index is 13.1. The number of carbonyl (C=O) groups is 2. The molecule has 0 saturated heterocycles. The van der Waals surface area contributed by atoms with Gasteiger partial charge >= 0.3 is 11.9 Å². The van der Waals surface area contributed by atoms with Gasteiger partial charge in [0, 0.05) is 24.7 Å². The van der Waals surface area contributed by atoms with Gasteiger partial charge in [-0.1, -0.05) is 155 Å². The summed E-state index contributed by atoms with van der Waals surface area (Å²) in [6, 6.07) is 10.5. The Bertz CT molecular complexity index is 1270. The van der Waals surface area contributed by atoms with Gasteiger partial charge in [-0.2, -0.15) is 0 Å². The first-order chi connectivity index (χ1) is 28.1. The molecule has 2 rings (SSSR count). The van der Waals surface area contributed by atoms with Crippen molar-refractivity contribution in [2.45, 2.75) is 182 Å². The van der Waals surface area contributed by atoms with E-state index in [-0.39, 0.29) is 48.5 Å². The minimum Gasteiger partial charge on any atom is -0.504 e. The summed E-state index contributed by atoms with van der Waals surface area (Å²) in [6.07, 6.45) is 25.7. The molecule has 8 heteroatoms. The molecule has 0 heterocycles. The van der Waals surface area contributed by atoms with E-state index < -0.39 is 0 Å². The fourth-order valence-electron chi connectivity index (χ4n) is 7.63. The third kappa shape index (κ3) is 22.7. The number of unbranched alkanes of at least 4 members (excludes halogenated alkanes) is 14. The largest absolute Gasteiger partial charge is 0.504 e. The Labute approximate surface area is 353 Å². The monoisotopic (exact) mass is 811 g/mol. The number of carbonyl (C=O) groups excluding carboxylic acids is 2. The lowest BCUT2D eigenvalue weighted by Gasteiger charge is -2.27. The summed E-state index contributed by atoms with van der Waals surface area (Å²) in [5.41, 5.74) is 1.82. The molecular formula is C50H82O8. The maximum Gasteiger partial charge on any atom is 0.305 e. The zero-order valence-electron chi connectivity index (χ0n) is 37.5. The predicted octanol–water partition coefficient (Wildman–Crippen LogP) is 13.1. The van der Waals surface area contributed by atoms with Gasteiger partial charge in [0.15, 0.2) is 23.0 Å². The van der Waals surface area contributed by atoms with Crippen LogP contribution in [0.1, 0.15) is 180 Å². The molecule has 0 aliphatic rings. The molecule has 0 bridgehead atoms. The molecule has 330 valence electrons. The molecule has 2 aromatic rings. The predicted molar refractivity (Wildman–Crippen MR) is 237 cm³/mol. The standard InChI is InChI=1S/C50H82O8/c1-7-39(3)25-21-17-13-9-11-15-19-23-27-49(53)57-37-43(33-41-29-31-45(51)47(35-41)55-5)44(34-42-30-32-46(52)48(36-42)56-6)38-58-50(54)28-24-20-16-12-10-14-18-22-26-40(4)8-2/h29-32,35-36,39-40,43-44,51-52H,7-28,33-34,37-38H2,1-6H3/t39-,40+,43-,44-/m0/s1. The Morgan fingerprint density at radius 1 is 0.517 bits per heavy atom. The van der Waals surface area contributed by atoms with E-state index in [4.69, 9.17) is 18.9 Å². The normalized spacial score (nSPS) is 13.4. The van der Waals surface area contributed by atoms with E-state index in [0.29, 0.717) is 37.2 Å². The highest BCUT2D eigenvalue weighted by molar-refractivity contribution is 5.69. The second-order valence-electron chi connectivity index (χ2n) is 17.1. The van der Waals surface area contributed by atoms with E-state index >= 15 is 0 Å². The Hall–Kier alpha value is -3.42. The molecule has 0 aliphatic heterocycles. The summed E-state index contributed by atoms with van der Waals surface area (Å²) in [6.45, 7) is 9.53. The zero-order valence-corrected chi connectivity index (χ0v) is 37.5. The van der Waals surface area contributed by atoms with Gasteiger partial charge in [-0.25, -0.2) is 0 Å². The van der Waals surface area contributed by atoms with Crippen molar-refractivity contribution in [1.82, 2.24) is 0 Å². The number of rotatable bonds is 35. The van der Waals surface area contributed by atoms with Crippen molar-refractivity contribution in [1.29, 1.82) is 0 Å². The lowest BCUT2D eigenvalue weighted by atomic mass is 9.83. The van der Waals surface area contributed by atoms with Crippen LogP contribution in [0.2, 0.25) is 0 Å². The number of phenolic OH excluding ortho intramolecular Hbond substituents is 2. The number of ether oxygens (including phenoxy) is 4. The van der Waals surface area contributed by atoms with Crippen LogP contribution in [0.5, 0.6) is 23.0 Å². The third-order valence-electron chi connectivity index (χ3n) is 12.1. The summed E-state index contributed by atoms with van der Waals surface area (Å²) in [4.78, 5) is 26.2. The molecule has 2 aromatic carbocycles. The van der Waals surface area contributed by atoms with E-state index in [1.807, 2.05) is 12.1 Å². The summed E-state index contributed by atoms with van der Waals surface area (Å²) in [7, 11) is 3.03. The van der Waals surface area contributed by atoms with Gasteiger partial charge in [0.2, 0.25) is 0 Å². The van der Waals surface area contributed by atoms with Crippen LogP contribution >= 0.6 is 0 Å². The molecule has 0 amide bonds. The van der Waals surface area contributed by atoms with Crippen LogP contribution in [0.25, 0.3) is 0 Å². The number of aromatic hydroxyl groups is 2. The maximum absolute atomic E-state index is 13.1. The number of methoxy groups -OCH3 is 2. The van der Waals surface area contributed by atoms with E-state index in [9.17, 15) is 19.8 Å². The Morgan fingerprint density at radius 2 is 0.845 bits per heavy atom. The van der Waals surface area contributed by atoms with Crippen molar-refractivity contribution >= 4 is 11.9 Å². The fourth-order valence-corrected chi connectivity index (χ4v) is 7.63. The van der Waals surface area contributed by atoms with Crippen molar-refractivity contribution in [2.24, 2.45) is 23.7 Å². The second-order valence-corrected chi connectivity index (χ2v) is 17.1. The molecule has 0 saturated carbocycles. The molecule has 0 unspecified atom stereocenters. The van der Waals surface area contributed by atoms with Gasteiger partial charge < -0.3 is 29.2 Å². The molecular weight excluding hydrogens is 729 g/mol. The minimum atomic E-state index is -0.216. The smallest absolute Gasteiger partial charge is 0.305 e. The van der Waals surface area contributed by atoms with Gasteiger partial charge in [-0.05, 0) is 72.9 Å². The molecule has 0 fully saturated rings.